The molecule has 0 aliphatic carbocycles. The number of halogens is 2. The molecule has 0 radical (unpaired) electrons. The van der Waals surface area contributed by atoms with Crippen LogP contribution in [0.1, 0.15) is 24.0 Å². The quantitative estimate of drug-likeness (QED) is 0.565. The van der Waals surface area contributed by atoms with Crippen LogP contribution >= 0.6 is 23.2 Å². The number of sulfonamides is 1. The molecule has 162 valence electrons. The van der Waals surface area contributed by atoms with Crippen molar-refractivity contribution in [1.82, 2.24) is 4.31 Å². The fourth-order valence-electron chi connectivity index (χ4n) is 3.80. The minimum absolute atomic E-state index is 0.130. The van der Waals surface area contributed by atoms with Gasteiger partial charge in [-0.2, -0.15) is 4.31 Å². The summed E-state index contributed by atoms with van der Waals surface area (Å²) in [5.74, 6) is 0. The van der Waals surface area contributed by atoms with Crippen molar-refractivity contribution in [3.05, 3.63) is 57.6 Å². The molecule has 6 nitrogen and oxygen atoms in total. The van der Waals surface area contributed by atoms with Crippen molar-refractivity contribution < 1.29 is 17.9 Å². The summed E-state index contributed by atoms with van der Waals surface area (Å²) < 4.78 is 32.7. The topological polar surface area (TPSA) is 66.9 Å². The van der Waals surface area contributed by atoms with E-state index in [0.29, 0.717) is 48.0 Å². The number of carbonyl (C=O) groups is 1. The summed E-state index contributed by atoms with van der Waals surface area (Å²) in [5.41, 5.74) is 2.40. The maximum atomic E-state index is 13.1. The van der Waals surface area contributed by atoms with Gasteiger partial charge in [0.15, 0.2) is 0 Å². The third kappa shape index (κ3) is 4.91. The van der Waals surface area contributed by atoms with E-state index in [1.54, 1.807) is 31.2 Å². The molecule has 0 spiro atoms. The van der Waals surface area contributed by atoms with Gasteiger partial charge in [-0.05, 0) is 55.7 Å². The molecule has 0 atom stereocenters. The molecule has 1 aliphatic heterocycles. The fraction of sp³-hybridized carbons (Fsp3) is 0.381. The number of carbonyl (C=O) groups excluding carboxylic acids is 1. The van der Waals surface area contributed by atoms with Gasteiger partial charge in [0.1, 0.15) is 6.61 Å². The number of rotatable bonds is 7. The minimum Gasteiger partial charge on any atom is -0.463 e. The van der Waals surface area contributed by atoms with Gasteiger partial charge in [0, 0.05) is 47.5 Å². The molecule has 1 fully saturated rings. The maximum Gasteiger partial charge on any atom is 0.293 e. The Kier molecular flexibility index (Phi) is 7.29. The summed E-state index contributed by atoms with van der Waals surface area (Å²) in [4.78, 5) is 13.0. The molecular formula is C21H24Cl2N2O4S. The molecule has 0 bridgehead atoms. The highest BCUT2D eigenvalue weighted by atomic mass is 35.5. The van der Waals surface area contributed by atoms with Crippen molar-refractivity contribution in [2.75, 3.05) is 25.0 Å². The molecule has 2 aromatic rings. The van der Waals surface area contributed by atoms with Crippen LogP contribution in [0.4, 0.5) is 5.69 Å². The number of ether oxygens (including phenoxy) is 1. The summed E-state index contributed by atoms with van der Waals surface area (Å²) >= 11 is 12.1. The molecule has 1 heterocycles. The summed E-state index contributed by atoms with van der Waals surface area (Å²) in [7, 11) is -1.64. The zero-order valence-electron chi connectivity index (χ0n) is 16.8. The van der Waals surface area contributed by atoms with Gasteiger partial charge in [0.2, 0.25) is 10.0 Å². The zero-order valence-corrected chi connectivity index (χ0v) is 19.2. The molecule has 2 aromatic carbocycles. The Morgan fingerprint density at radius 2 is 1.77 bits per heavy atom. The monoisotopic (exact) mass is 470 g/mol. The largest absolute Gasteiger partial charge is 0.463 e. The van der Waals surface area contributed by atoms with E-state index in [1.165, 1.54) is 10.4 Å². The average molecular weight is 471 g/mol. The lowest BCUT2D eigenvalue weighted by molar-refractivity contribution is -0.129. The van der Waals surface area contributed by atoms with Gasteiger partial charge in [0.25, 0.3) is 6.47 Å². The van der Waals surface area contributed by atoms with Gasteiger partial charge < -0.3 is 9.64 Å². The third-order valence-electron chi connectivity index (χ3n) is 5.47. The Balaban J connectivity index is 1.74. The lowest BCUT2D eigenvalue weighted by atomic mass is 10.0. The van der Waals surface area contributed by atoms with Crippen molar-refractivity contribution in [2.24, 2.45) is 0 Å². The molecule has 3 rings (SSSR count). The van der Waals surface area contributed by atoms with E-state index < -0.39 is 10.0 Å². The van der Waals surface area contributed by atoms with Crippen molar-refractivity contribution in [3.8, 4) is 0 Å². The van der Waals surface area contributed by atoms with Gasteiger partial charge in [-0.1, -0.05) is 29.3 Å². The van der Waals surface area contributed by atoms with Crippen molar-refractivity contribution in [3.63, 3.8) is 0 Å². The maximum absolute atomic E-state index is 13.1. The van der Waals surface area contributed by atoms with Crippen LogP contribution in [-0.4, -0.2) is 45.4 Å². The van der Waals surface area contributed by atoms with Crippen LogP contribution in [0.15, 0.2) is 41.3 Å². The zero-order chi connectivity index (χ0) is 21.9. The van der Waals surface area contributed by atoms with E-state index in [4.69, 9.17) is 27.9 Å². The normalized spacial score (nSPS) is 15.7. The first kappa shape index (κ1) is 22.9. The first-order valence-corrected chi connectivity index (χ1v) is 11.8. The highest BCUT2D eigenvalue weighted by Gasteiger charge is 2.32. The molecule has 0 aromatic heterocycles. The second-order valence-corrected chi connectivity index (χ2v) is 10.1. The molecule has 0 amide bonds. The van der Waals surface area contributed by atoms with E-state index in [0.717, 1.165) is 11.3 Å². The van der Waals surface area contributed by atoms with Crippen LogP contribution in [0.2, 0.25) is 10.0 Å². The number of nitrogens with zero attached hydrogens (tertiary/aromatic N) is 2. The predicted molar refractivity (Wildman–Crippen MR) is 119 cm³/mol. The second kappa shape index (κ2) is 9.56. The number of benzene rings is 2. The molecule has 0 saturated carbocycles. The van der Waals surface area contributed by atoms with Crippen molar-refractivity contribution >= 4 is 45.4 Å². The summed E-state index contributed by atoms with van der Waals surface area (Å²) in [6.07, 6.45) is 1.35. The molecule has 9 heteroatoms. The highest BCUT2D eigenvalue weighted by molar-refractivity contribution is 7.89. The van der Waals surface area contributed by atoms with Crippen LogP contribution in [0, 0.1) is 6.92 Å². The van der Waals surface area contributed by atoms with Gasteiger partial charge in [0.05, 0.1) is 4.90 Å². The molecule has 30 heavy (non-hydrogen) atoms. The van der Waals surface area contributed by atoms with Crippen LogP contribution in [0.5, 0.6) is 0 Å². The van der Waals surface area contributed by atoms with E-state index in [-0.39, 0.29) is 17.5 Å². The number of hydrogen-bond donors (Lipinski definition) is 0. The van der Waals surface area contributed by atoms with E-state index in [2.05, 4.69) is 4.90 Å². The summed E-state index contributed by atoms with van der Waals surface area (Å²) in [6, 6.07) is 10.5. The number of aryl methyl sites for hydroxylation is 1. The Hall–Kier alpha value is -1.80. The molecule has 1 saturated heterocycles. The van der Waals surface area contributed by atoms with Crippen molar-refractivity contribution in [1.29, 1.82) is 0 Å². The van der Waals surface area contributed by atoms with Gasteiger partial charge in [-0.3, -0.25) is 4.79 Å². The minimum atomic E-state index is -3.60. The van der Waals surface area contributed by atoms with Crippen molar-refractivity contribution in [2.45, 2.75) is 37.3 Å². The standard InChI is InChI=1S/C21H24Cl2N2O4S/c1-15-3-4-18(23)12-21(15)30(27,28)25-9-7-19(8-10-25)24(2)20-6-5-17(22)11-16(20)13-29-14-26/h3-6,11-12,14,19H,7-10,13H2,1-2H3. The van der Waals surface area contributed by atoms with E-state index in [1.807, 2.05) is 13.1 Å². The molecule has 0 unspecified atom stereocenters. The van der Waals surface area contributed by atoms with E-state index in [9.17, 15) is 13.2 Å². The summed E-state index contributed by atoms with van der Waals surface area (Å²) in [6.45, 7) is 3.14. The lowest BCUT2D eigenvalue weighted by Gasteiger charge is -2.38. The van der Waals surface area contributed by atoms with Crippen LogP contribution < -0.4 is 4.90 Å². The predicted octanol–water partition coefficient (Wildman–Crippen LogP) is 4.26. The van der Waals surface area contributed by atoms with Crippen LogP contribution in [0.25, 0.3) is 0 Å². The molecule has 1 aliphatic rings. The van der Waals surface area contributed by atoms with Crippen LogP contribution in [-0.2, 0) is 26.2 Å². The second-order valence-electron chi connectivity index (χ2n) is 7.34. The smallest absolute Gasteiger partial charge is 0.293 e. The Morgan fingerprint density at radius 1 is 1.13 bits per heavy atom. The van der Waals surface area contributed by atoms with Gasteiger partial charge >= 0.3 is 0 Å². The average Bonchev–Trinajstić information content (AvgIpc) is 2.73. The number of piperidine rings is 1. The highest BCUT2D eigenvalue weighted by Crippen LogP contribution is 2.31. The first-order chi connectivity index (χ1) is 14.2. The Labute approximate surface area is 187 Å². The molecular weight excluding hydrogens is 447 g/mol. The SMILES string of the molecule is Cc1ccc(Cl)cc1S(=O)(=O)N1CCC(N(C)c2ccc(Cl)cc2COC=O)CC1. The Bertz CT molecular complexity index is 1020. The Morgan fingerprint density at radius 3 is 2.43 bits per heavy atom. The van der Waals surface area contributed by atoms with Crippen LogP contribution in [0.3, 0.4) is 0 Å². The van der Waals surface area contributed by atoms with E-state index >= 15 is 0 Å². The van der Waals surface area contributed by atoms with Gasteiger partial charge in [-0.25, -0.2) is 8.42 Å². The first-order valence-electron chi connectivity index (χ1n) is 9.57. The van der Waals surface area contributed by atoms with Gasteiger partial charge in [-0.15, -0.1) is 0 Å². The molecule has 0 N–H and O–H groups in total. The number of hydrogen-bond acceptors (Lipinski definition) is 5. The third-order valence-corrected chi connectivity index (χ3v) is 7.98. The lowest BCUT2D eigenvalue weighted by Crippen LogP contribution is -2.46. The summed E-state index contributed by atoms with van der Waals surface area (Å²) in [5, 5.41) is 0.969. The fourth-order valence-corrected chi connectivity index (χ4v) is 5.95. The number of anilines is 1.